The number of nitrogens with zero attached hydrogens (tertiary/aromatic N) is 1. The summed E-state index contributed by atoms with van der Waals surface area (Å²) in [7, 11) is 2.18. The lowest BCUT2D eigenvalue weighted by Crippen LogP contribution is -2.22. The van der Waals surface area contributed by atoms with E-state index < -0.39 is 13.2 Å². The van der Waals surface area contributed by atoms with Crippen LogP contribution in [0.25, 0.3) is 0 Å². The third-order valence-electron chi connectivity index (χ3n) is 5.18. The van der Waals surface area contributed by atoms with Crippen LogP contribution in [-0.2, 0) is 9.09 Å². The molecule has 1 N–H and O–H groups in total. The van der Waals surface area contributed by atoms with Gasteiger partial charge >= 0.3 is 0 Å². The first-order valence-electron chi connectivity index (χ1n) is 10.8. The Balaban J connectivity index is 2.16. The molecule has 0 aliphatic carbocycles. The van der Waals surface area contributed by atoms with Gasteiger partial charge in [-0.3, -0.25) is 4.57 Å². The van der Waals surface area contributed by atoms with E-state index in [9.17, 15) is 4.57 Å². The first kappa shape index (κ1) is 23.9. The molecule has 0 aliphatic rings. The zero-order valence-corrected chi connectivity index (χ0v) is 20.4. The Morgan fingerprint density at radius 2 is 1.53 bits per heavy atom. The average Bonchev–Trinajstić information content (AvgIpc) is 2.81. The number of hydrogen-bond donors (Lipinski definition) is 1. The second-order valence-electron chi connectivity index (χ2n) is 8.35. The largest absolute Gasteiger partial charge is 0.496 e. The minimum absolute atomic E-state index is 0.236. The molecule has 0 spiro atoms. The van der Waals surface area contributed by atoms with Gasteiger partial charge in [0.1, 0.15) is 11.5 Å². The maximum absolute atomic E-state index is 14.8. The van der Waals surface area contributed by atoms with E-state index >= 15 is 0 Å². The van der Waals surface area contributed by atoms with Crippen molar-refractivity contribution >= 4 is 24.0 Å². The van der Waals surface area contributed by atoms with Crippen molar-refractivity contribution in [2.45, 2.75) is 19.6 Å². The van der Waals surface area contributed by atoms with Crippen molar-refractivity contribution in [1.29, 1.82) is 0 Å². The molecular formula is C26H33N2O3P. The quantitative estimate of drug-likeness (QED) is 0.374. The zero-order chi connectivity index (χ0) is 23.1. The Hall–Kier alpha value is -2.75. The zero-order valence-electron chi connectivity index (χ0n) is 19.5. The maximum Gasteiger partial charge on any atom is 0.258 e. The fourth-order valence-corrected chi connectivity index (χ4v) is 6.03. The Labute approximate surface area is 191 Å². The van der Waals surface area contributed by atoms with Gasteiger partial charge in [0, 0.05) is 36.3 Å². The van der Waals surface area contributed by atoms with Gasteiger partial charge in [0.05, 0.1) is 13.7 Å². The normalized spacial score (nSPS) is 13.9. The highest BCUT2D eigenvalue weighted by atomic mass is 31.2. The van der Waals surface area contributed by atoms with Gasteiger partial charge in [-0.25, -0.2) is 0 Å². The van der Waals surface area contributed by atoms with Crippen LogP contribution in [0.15, 0.2) is 78.9 Å². The van der Waals surface area contributed by atoms with Crippen LogP contribution in [0.5, 0.6) is 5.75 Å². The topological polar surface area (TPSA) is 50.8 Å². The molecule has 0 heterocycles. The lowest BCUT2D eigenvalue weighted by atomic mass is 10.2. The van der Waals surface area contributed by atoms with Crippen molar-refractivity contribution in [2.75, 3.05) is 38.0 Å². The highest BCUT2D eigenvalue weighted by molar-refractivity contribution is 7.67. The van der Waals surface area contributed by atoms with Crippen LogP contribution in [0.1, 0.15) is 25.2 Å². The summed E-state index contributed by atoms with van der Waals surface area (Å²) >= 11 is 0. The summed E-state index contributed by atoms with van der Waals surface area (Å²) in [5.41, 5.74) is 2.69. The number of para-hydroxylation sites is 2. The van der Waals surface area contributed by atoms with Crippen molar-refractivity contribution < 1.29 is 13.8 Å². The molecule has 0 fully saturated rings. The van der Waals surface area contributed by atoms with Gasteiger partial charge in [-0.1, -0.05) is 50.2 Å². The Morgan fingerprint density at radius 3 is 2.12 bits per heavy atom. The van der Waals surface area contributed by atoms with Gasteiger partial charge in [0.15, 0.2) is 0 Å². The SMILES string of the molecule is COc1ccccc1C(Nc1ccccc1)P(=O)(OCC(C)C)c1ccc(N(C)C)cc1. The van der Waals surface area contributed by atoms with Crippen LogP contribution in [0.3, 0.4) is 0 Å². The van der Waals surface area contributed by atoms with Gasteiger partial charge in [-0.2, -0.15) is 0 Å². The Kier molecular flexibility index (Phi) is 8.00. The monoisotopic (exact) mass is 452 g/mol. The molecule has 3 aromatic rings. The summed E-state index contributed by atoms with van der Waals surface area (Å²) in [4.78, 5) is 2.02. The molecule has 32 heavy (non-hydrogen) atoms. The molecule has 0 aliphatic heterocycles. The maximum atomic E-state index is 14.8. The molecule has 0 radical (unpaired) electrons. The molecule has 3 aromatic carbocycles. The third-order valence-corrected chi connectivity index (χ3v) is 7.81. The van der Waals surface area contributed by atoms with E-state index in [1.165, 1.54) is 0 Å². The van der Waals surface area contributed by atoms with Crippen molar-refractivity contribution in [1.82, 2.24) is 0 Å². The standard InChI is InChI=1S/C26H33N2O3P/c1-20(2)19-31-32(29,23-17-15-22(16-18-23)28(3)4)26(27-21-11-7-6-8-12-21)24-13-9-10-14-25(24)30-5/h6-18,20,26-27H,19H2,1-5H3. The molecule has 0 amide bonds. The number of rotatable bonds is 10. The minimum Gasteiger partial charge on any atom is -0.496 e. The molecule has 6 heteroatoms. The van der Waals surface area contributed by atoms with Crippen LogP contribution in [-0.4, -0.2) is 27.8 Å². The molecule has 0 saturated carbocycles. The summed E-state index contributed by atoms with van der Waals surface area (Å²) in [6.07, 6.45) is 0. The number of nitrogens with one attached hydrogen (secondary N) is 1. The highest BCUT2D eigenvalue weighted by Gasteiger charge is 2.39. The van der Waals surface area contributed by atoms with Crippen molar-refractivity contribution in [3.8, 4) is 5.75 Å². The van der Waals surface area contributed by atoms with Gasteiger partial charge in [0.25, 0.3) is 7.37 Å². The average molecular weight is 453 g/mol. The smallest absolute Gasteiger partial charge is 0.258 e. The molecular weight excluding hydrogens is 419 g/mol. The fraction of sp³-hybridized carbons (Fsp3) is 0.308. The Bertz CT molecular complexity index is 1040. The van der Waals surface area contributed by atoms with Crippen LogP contribution in [0, 0.1) is 5.92 Å². The summed E-state index contributed by atoms with van der Waals surface area (Å²) in [5, 5.41) is 4.16. The van der Waals surface area contributed by atoms with Crippen molar-refractivity contribution in [3.05, 3.63) is 84.4 Å². The minimum atomic E-state index is -3.42. The van der Waals surface area contributed by atoms with E-state index in [4.69, 9.17) is 9.26 Å². The number of ether oxygens (including phenoxy) is 1. The van der Waals surface area contributed by atoms with E-state index in [0.717, 1.165) is 16.9 Å². The predicted molar refractivity (Wildman–Crippen MR) is 135 cm³/mol. The van der Waals surface area contributed by atoms with E-state index in [1.807, 2.05) is 97.9 Å². The van der Waals surface area contributed by atoms with Crippen LogP contribution >= 0.6 is 7.37 Å². The molecule has 2 unspecified atom stereocenters. The predicted octanol–water partition coefficient (Wildman–Crippen LogP) is 6.15. The first-order valence-corrected chi connectivity index (χ1v) is 12.5. The number of methoxy groups -OCH3 is 1. The molecule has 0 saturated heterocycles. The highest BCUT2D eigenvalue weighted by Crippen LogP contribution is 2.60. The fourth-order valence-electron chi connectivity index (χ4n) is 3.45. The van der Waals surface area contributed by atoms with Crippen molar-refractivity contribution in [2.24, 2.45) is 5.92 Å². The molecule has 2 atom stereocenters. The van der Waals surface area contributed by atoms with Crippen molar-refractivity contribution in [3.63, 3.8) is 0 Å². The summed E-state index contributed by atoms with van der Waals surface area (Å²) < 4.78 is 26.8. The number of hydrogen-bond acceptors (Lipinski definition) is 5. The first-order chi connectivity index (χ1) is 15.3. The van der Waals surface area contributed by atoms with E-state index in [2.05, 4.69) is 19.2 Å². The van der Waals surface area contributed by atoms with E-state index in [-0.39, 0.29) is 5.92 Å². The second kappa shape index (κ2) is 10.7. The second-order valence-corrected chi connectivity index (χ2v) is 10.8. The molecule has 170 valence electrons. The van der Waals surface area contributed by atoms with Crippen LogP contribution < -0.4 is 20.3 Å². The van der Waals surface area contributed by atoms with Gasteiger partial charge in [0.2, 0.25) is 0 Å². The molecule has 5 nitrogen and oxygen atoms in total. The molecule has 0 aromatic heterocycles. The molecule has 0 bridgehead atoms. The van der Waals surface area contributed by atoms with Gasteiger partial charge < -0.3 is 19.5 Å². The summed E-state index contributed by atoms with van der Waals surface area (Å²) in [5.74, 6) is 0.281. The van der Waals surface area contributed by atoms with Crippen LogP contribution in [0.4, 0.5) is 11.4 Å². The third kappa shape index (κ3) is 5.53. The van der Waals surface area contributed by atoms with E-state index in [1.54, 1.807) is 7.11 Å². The van der Waals surface area contributed by atoms with E-state index in [0.29, 0.717) is 17.7 Å². The van der Waals surface area contributed by atoms with Gasteiger partial charge in [-0.15, -0.1) is 0 Å². The summed E-state index contributed by atoms with van der Waals surface area (Å²) in [6, 6.07) is 25.2. The molecule has 3 rings (SSSR count). The van der Waals surface area contributed by atoms with Crippen LogP contribution in [0.2, 0.25) is 0 Å². The Morgan fingerprint density at radius 1 is 0.906 bits per heavy atom. The lowest BCUT2D eigenvalue weighted by molar-refractivity contribution is 0.272. The van der Waals surface area contributed by atoms with Gasteiger partial charge in [-0.05, 0) is 48.4 Å². The summed E-state index contributed by atoms with van der Waals surface area (Å²) in [6.45, 7) is 4.50. The number of anilines is 2. The lowest BCUT2D eigenvalue weighted by Gasteiger charge is -2.31. The number of benzene rings is 3.